The summed E-state index contributed by atoms with van der Waals surface area (Å²) in [5.74, 6) is -0.244. The Morgan fingerprint density at radius 3 is 2.42 bits per heavy atom. The van der Waals surface area contributed by atoms with Crippen LogP contribution in [0, 0.1) is 5.82 Å². The van der Waals surface area contributed by atoms with Crippen LogP contribution in [0.4, 0.5) is 10.1 Å². The molecule has 2 aromatic carbocycles. The molecule has 0 amide bonds. The van der Waals surface area contributed by atoms with Crippen molar-refractivity contribution in [2.45, 2.75) is 26.3 Å². The van der Waals surface area contributed by atoms with E-state index in [1.165, 1.54) is 11.6 Å². The summed E-state index contributed by atoms with van der Waals surface area (Å²) >= 11 is 3.37. The first-order valence-corrected chi connectivity index (χ1v) is 7.20. The van der Waals surface area contributed by atoms with Crippen molar-refractivity contribution < 1.29 is 4.39 Å². The zero-order valence-corrected chi connectivity index (χ0v) is 12.7. The molecule has 0 bridgehead atoms. The zero-order valence-electron chi connectivity index (χ0n) is 11.1. The second-order valence-corrected chi connectivity index (χ2v) is 5.41. The molecule has 0 aromatic heterocycles. The molecule has 1 N–H and O–H groups in total. The van der Waals surface area contributed by atoms with E-state index in [0.717, 1.165) is 16.5 Å². The highest BCUT2D eigenvalue weighted by Gasteiger charge is 2.11. The van der Waals surface area contributed by atoms with Gasteiger partial charge in [0.25, 0.3) is 0 Å². The molecule has 0 heterocycles. The van der Waals surface area contributed by atoms with E-state index in [0.29, 0.717) is 5.69 Å². The predicted molar refractivity (Wildman–Crippen MR) is 82.0 cm³/mol. The van der Waals surface area contributed by atoms with Crippen LogP contribution >= 0.6 is 15.9 Å². The van der Waals surface area contributed by atoms with Gasteiger partial charge in [-0.15, -0.1) is 0 Å². The van der Waals surface area contributed by atoms with Crippen molar-refractivity contribution in [1.29, 1.82) is 0 Å². The molecule has 0 spiro atoms. The minimum Gasteiger partial charge on any atom is -0.375 e. The molecule has 2 aromatic rings. The quantitative estimate of drug-likeness (QED) is 0.803. The molecular formula is C16H17BrFN. The number of nitrogens with one attached hydrogen (secondary N) is 1. The maximum absolute atomic E-state index is 13.8. The third-order valence-corrected chi connectivity index (χ3v) is 3.87. The van der Waals surface area contributed by atoms with Crippen LogP contribution in [0.25, 0.3) is 0 Å². The fourth-order valence-corrected chi connectivity index (χ4v) is 2.43. The molecule has 0 radical (unpaired) electrons. The lowest BCUT2D eigenvalue weighted by molar-refractivity contribution is 0.626. The summed E-state index contributed by atoms with van der Waals surface area (Å²) in [6.07, 6.45) is 1.03. The van der Waals surface area contributed by atoms with Gasteiger partial charge in [-0.1, -0.05) is 37.3 Å². The van der Waals surface area contributed by atoms with Gasteiger partial charge >= 0.3 is 0 Å². The highest BCUT2D eigenvalue weighted by Crippen LogP contribution is 2.29. The van der Waals surface area contributed by atoms with Crippen LogP contribution in [-0.2, 0) is 6.42 Å². The molecular weight excluding hydrogens is 305 g/mol. The monoisotopic (exact) mass is 321 g/mol. The molecule has 0 saturated carbocycles. The van der Waals surface area contributed by atoms with Crippen LogP contribution in [0.1, 0.15) is 31.0 Å². The summed E-state index contributed by atoms with van der Waals surface area (Å²) in [5, 5.41) is 3.21. The normalized spacial score (nSPS) is 12.2. The second kappa shape index (κ2) is 6.20. The number of rotatable bonds is 4. The maximum Gasteiger partial charge on any atom is 0.147 e. The fraction of sp³-hybridized carbons (Fsp3) is 0.250. The van der Waals surface area contributed by atoms with Gasteiger partial charge < -0.3 is 5.32 Å². The van der Waals surface area contributed by atoms with Gasteiger partial charge in [-0.2, -0.15) is 0 Å². The van der Waals surface area contributed by atoms with E-state index in [1.807, 2.05) is 13.0 Å². The third kappa shape index (κ3) is 3.35. The molecule has 0 fully saturated rings. The van der Waals surface area contributed by atoms with E-state index in [9.17, 15) is 4.39 Å². The lowest BCUT2D eigenvalue weighted by Gasteiger charge is -2.17. The summed E-state index contributed by atoms with van der Waals surface area (Å²) in [6, 6.07) is 13.4. The summed E-state index contributed by atoms with van der Waals surface area (Å²) in [7, 11) is 0. The standard InChI is InChI=1S/C16H17BrFN/c1-3-12-7-9-13(10-8-12)11(2)19-16-14(17)5-4-6-15(16)18/h4-11,19H,3H2,1-2H3. The number of benzene rings is 2. The largest absolute Gasteiger partial charge is 0.375 e. The van der Waals surface area contributed by atoms with Gasteiger partial charge in [0.1, 0.15) is 5.82 Å². The van der Waals surface area contributed by atoms with Crippen molar-refractivity contribution in [3.05, 3.63) is 63.9 Å². The highest BCUT2D eigenvalue weighted by molar-refractivity contribution is 9.10. The molecule has 1 nitrogen and oxygen atoms in total. The number of anilines is 1. The van der Waals surface area contributed by atoms with Crippen molar-refractivity contribution in [2.24, 2.45) is 0 Å². The van der Waals surface area contributed by atoms with Gasteiger partial charge in [0.05, 0.1) is 5.69 Å². The molecule has 0 aliphatic carbocycles. The van der Waals surface area contributed by atoms with Crippen molar-refractivity contribution in [3.8, 4) is 0 Å². The smallest absolute Gasteiger partial charge is 0.147 e. The molecule has 19 heavy (non-hydrogen) atoms. The fourth-order valence-electron chi connectivity index (χ4n) is 1.98. The number of hydrogen-bond acceptors (Lipinski definition) is 1. The molecule has 2 rings (SSSR count). The summed E-state index contributed by atoms with van der Waals surface area (Å²) < 4.78 is 14.5. The topological polar surface area (TPSA) is 12.0 Å². The Bertz CT molecular complexity index is 531. The van der Waals surface area contributed by atoms with Gasteiger partial charge in [-0.25, -0.2) is 4.39 Å². The Balaban J connectivity index is 2.18. The minimum atomic E-state index is -0.244. The first-order valence-electron chi connectivity index (χ1n) is 6.41. The zero-order chi connectivity index (χ0) is 13.8. The number of para-hydroxylation sites is 1. The highest BCUT2D eigenvalue weighted by atomic mass is 79.9. The van der Waals surface area contributed by atoms with Crippen LogP contribution in [0.5, 0.6) is 0 Å². The number of hydrogen-bond donors (Lipinski definition) is 1. The molecule has 0 saturated heterocycles. The van der Waals surface area contributed by atoms with Gasteiger partial charge in [-0.3, -0.25) is 0 Å². The first kappa shape index (κ1) is 14.1. The van der Waals surface area contributed by atoms with Crippen molar-refractivity contribution in [3.63, 3.8) is 0 Å². The van der Waals surface area contributed by atoms with Crippen molar-refractivity contribution >= 4 is 21.6 Å². The van der Waals surface area contributed by atoms with Crippen molar-refractivity contribution in [2.75, 3.05) is 5.32 Å². The number of aryl methyl sites for hydroxylation is 1. The van der Waals surface area contributed by atoms with Crippen LogP contribution in [0.3, 0.4) is 0 Å². The molecule has 0 aliphatic heterocycles. The first-order chi connectivity index (χ1) is 9.11. The average Bonchev–Trinajstić information content (AvgIpc) is 2.43. The van der Waals surface area contributed by atoms with Gasteiger partial charge in [-0.05, 0) is 52.5 Å². The van der Waals surface area contributed by atoms with Crippen LogP contribution in [0.2, 0.25) is 0 Å². The SMILES string of the molecule is CCc1ccc(C(C)Nc2c(F)cccc2Br)cc1. The van der Waals surface area contributed by atoms with Gasteiger partial charge in [0, 0.05) is 10.5 Å². The van der Waals surface area contributed by atoms with E-state index in [2.05, 4.69) is 52.4 Å². The van der Waals surface area contributed by atoms with E-state index >= 15 is 0 Å². The van der Waals surface area contributed by atoms with Gasteiger partial charge in [0.2, 0.25) is 0 Å². The molecule has 1 unspecified atom stereocenters. The lowest BCUT2D eigenvalue weighted by atomic mass is 10.0. The molecule has 0 aliphatic rings. The second-order valence-electron chi connectivity index (χ2n) is 4.56. The average molecular weight is 322 g/mol. The van der Waals surface area contributed by atoms with E-state index < -0.39 is 0 Å². The van der Waals surface area contributed by atoms with E-state index in [4.69, 9.17) is 0 Å². The predicted octanol–water partition coefficient (Wildman–Crippen LogP) is 5.32. The molecule has 1 atom stereocenters. The van der Waals surface area contributed by atoms with E-state index in [-0.39, 0.29) is 11.9 Å². The summed E-state index contributed by atoms with van der Waals surface area (Å²) in [4.78, 5) is 0. The minimum absolute atomic E-state index is 0.0547. The van der Waals surface area contributed by atoms with Crippen LogP contribution in [-0.4, -0.2) is 0 Å². The summed E-state index contributed by atoms with van der Waals surface area (Å²) in [6.45, 7) is 4.16. The Labute approximate surface area is 122 Å². The summed E-state index contributed by atoms with van der Waals surface area (Å²) in [5.41, 5.74) is 2.96. The third-order valence-electron chi connectivity index (χ3n) is 3.21. The Kier molecular flexibility index (Phi) is 4.59. The molecule has 3 heteroatoms. The Morgan fingerprint density at radius 1 is 1.16 bits per heavy atom. The maximum atomic E-state index is 13.8. The van der Waals surface area contributed by atoms with Crippen molar-refractivity contribution in [1.82, 2.24) is 0 Å². The Hall–Kier alpha value is -1.35. The number of halogens is 2. The van der Waals surface area contributed by atoms with Gasteiger partial charge in [0.15, 0.2) is 0 Å². The Morgan fingerprint density at radius 2 is 1.84 bits per heavy atom. The van der Waals surface area contributed by atoms with E-state index in [1.54, 1.807) is 6.07 Å². The van der Waals surface area contributed by atoms with Crippen LogP contribution < -0.4 is 5.32 Å². The van der Waals surface area contributed by atoms with Crippen LogP contribution in [0.15, 0.2) is 46.9 Å². The molecule has 100 valence electrons. The lowest BCUT2D eigenvalue weighted by Crippen LogP contribution is -2.08.